The van der Waals surface area contributed by atoms with Gasteiger partial charge in [-0.15, -0.1) is 5.92 Å². The van der Waals surface area contributed by atoms with E-state index in [1.165, 1.54) is 0 Å². The normalized spacial score (nSPS) is 21.9. The van der Waals surface area contributed by atoms with Gasteiger partial charge in [-0.1, -0.05) is 5.92 Å². The second kappa shape index (κ2) is 5.46. The molecule has 1 aromatic carbocycles. The zero-order chi connectivity index (χ0) is 12.3. The average Bonchev–Trinajstić information content (AvgIpc) is 2.76. The summed E-state index contributed by atoms with van der Waals surface area (Å²) in [6.07, 6.45) is 0.805. The summed E-state index contributed by atoms with van der Waals surface area (Å²) in [4.78, 5) is 6.26. The van der Waals surface area contributed by atoms with Crippen molar-refractivity contribution in [3.05, 3.63) is 29.8 Å². The zero-order valence-electron chi connectivity index (χ0n) is 9.97. The van der Waals surface area contributed by atoms with Gasteiger partial charge in [0.25, 0.3) is 0 Å². The highest BCUT2D eigenvalue weighted by Crippen LogP contribution is 2.20. The van der Waals surface area contributed by atoms with Gasteiger partial charge in [-0.05, 0) is 31.2 Å². The first-order valence-corrected chi connectivity index (χ1v) is 6.73. The minimum atomic E-state index is -1.10. The maximum Gasteiger partial charge on any atom is 0.160 e. The number of hydrogen-bond donors (Lipinski definition) is 0. The van der Waals surface area contributed by atoms with Gasteiger partial charge in [0.15, 0.2) is 5.44 Å². The highest BCUT2D eigenvalue weighted by Gasteiger charge is 2.27. The Labute approximate surface area is 104 Å². The van der Waals surface area contributed by atoms with Crippen LogP contribution in [0.2, 0.25) is 0 Å². The Morgan fingerprint density at radius 2 is 2.12 bits per heavy atom. The molecule has 4 heteroatoms. The molecular formula is C13H15NO2S. The van der Waals surface area contributed by atoms with Crippen molar-refractivity contribution in [2.24, 2.45) is 0 Å². The van der Waals surface area contributed by atoms with Crippen LogP contribution < -0.4 is 0 Å². The Hall–Kier alpha value is -1.15. The standard InChI is InChI=1S/C13H15NO2S/c1-3-4-11-5-7-12(8-6-11)17(15)13-9-10-14(2)16-13/h5-8,13H,9-10H2,1-2H3. The summed E-state index contributed by atoms with van der Waals surface area (Å²) >= 11 is 0. The van der Waals surface area contributed by atoms with Crippen LogP contribution in [-0.2, 0) is 15.6 Å². The van der Waals surface area contributed by atoms with E-state index in [2.05, 4.69) is 11.8 Å². The van der Waals surface area contributed by atoms with Crippen LogP contribution in [0.1, 0.15) is 18.9 Å². The lowest BCUT2D eigenvalue weighted by Gasteiger charge is -2.11. The molecule has 1 fully saturated rings. The number of benzene rings is 1. The molecule has 0 aliphatic carbocycles. The molecule has 2 unspecified atom stereocenters. The van der Waals surface area contributed by atoms with Crippen LogP contribution in [0, 0.1) is 11.8 Å². The molecule has 0 spiro atoms. The molecule has 1 aliphatic rings. The third-order valence-corrected chi connectivity index (χ3v) is 4.11. The Morgan fingerprint density at radius 3 is 2.65 bits per heavy atom. The number of hydroxylamine groups is 2. The summed E-state index contributed by atoms with van der Waals surface area (Å²) in [5.41, 5.74) is 0.723. The molecule has 1 saturated heterocycles. The Kier molecular flexibility index (Phi) is 3.95. The summed E-state index contributed by atoms with van der Waals surface area (Å²) in [6, 6.07) is 7.50. The van der Waals surface area contributed by atoms with E-state index >= 15 is 0 Å². The molecule has 2 atom stereocenters. The van der Waals surface area contributed by atoms with Gasteiger partial charge in [0.1, 0.15) is 0 Å². The minimum absolute atomic E-state index is 0.219. The molecule has 2 rings (SSSR count). The molecule has 90 valence electrons. The maximum atomic E-state index is 12.2. The van der Waals surface area contributed by atoms with Crippen molar-refractivity contribution >= 4 is 10.8 Å². The predicted octanol–water partition coefficient (Wildman–Crippen LogP) is 1.76. The Bertz CT molecular complexity index is 472. The summed E-state index contributed by atoms with van der Waals surface area (Å²) in [7, 11) is 0.755. The largest absolute Gasteiger partial charge is 0.282 e. The minimum Gasteiger partial charge on any atom is -0.282 e. The van der Waals surface area contributed by atoms with Gasteiger partial charge in [0, 0.05) is 30.5 Å². The highest BCUT2D eigenvalue weighted by molar-refractivity contribution is 7.85. The van der Waals surface area contributed by atoms with Gasteiger partial charge in [-0.2, -0.15) is 5.06 Å². The van der Waals surface area contributed by atoms with Crippen molar-refractivity contribution in [2.45, 2.75) is 23.7 Å². The van der Waals surface area contributed by atoms with E-state index in [1.54, 1.807) is 12.0 Å². The van der Waals surface area contributed by atoms with Crippen LogP contribution in [-0.4, -0.2) is 28.3 Å². The molecule has 0 saturated carbocycles. The topological polar surface area (TPSA) is 29.5 Å². The molecule has 0 bridgehead atoms. The summed E-state index contributed by atoms with van der Waals surface area (Å²) in [5, 5.41) is 1.74. The number of nitrogens with zero attached hydrogens (tertiary/aromatic N) is 1. The van der Waals surface area contributed by atoms with Crippen LogP contribution >= 0.6 is 0 Å². The van der Waals surface area contributed by atoms with E-state index in [4.69, 9.17) is 4.84 Å². The van der Waals surface area contributed by atoms with Crippen molar-refractivity contribution in [1.29, 1.82) is 0 Å². The first-order valence-electron chi connectivity index (χ1n) is 5.52. The van der Waals surface area contributed by atoms with Crippen molar-refractivity contribution in [2.75, 3.05) is 13.6 Å². The van der Waals surface area contributed by atoms with Crippen LogP contribution in [0.5, 0.6) is 0 Å². The van der Waals surface area contributed by atoms with Gasteiger partial charge in [0.05, 0.1) is 10.8 Å². The van der Waals surface area contributed by atoms with Crippen molar-refractivity contribution < 1.29 is 9.05 Å². The molecule has 0 amide bonds. The van der Waals surface area contributed by atoms with Crippen molar-refractivity contribution in [3.8, 4) is 11.8 Å². The molecular weight excluding hydrogens is 234 g/mol. The fourth-order valence-electron chi connectivity index (χ4n) is 1.71. The summed E-state index contributed by atoms with van der Waals surface area (Å²) in [5.74, 6) is 5.80. The highest BCUT2D eigenvalue weighted by atomic mass is 32.2. The predicted molar refractivity (Wildman–Crippen MR) is 67.5 cm³/mol. The van der Waals surface area contributed by atoms with Gasteiger partial charge in [-0.3, -0.25) is 9.05 Å². The lowest BCUT2D eigenvalue weighted by atomic mass is 10.2. The lowest BCUT2D eigenvalue weighted by Crippen LogP contribution is -2.17. The fraction of sp³-hybridized carbons (Fsp3) is 0.385. The Morgan fingerprint density at radius 1 is 1.41 bits per heavy atom. The van der Waals surface area contributed by atoms with E-state index in [0.717, 1.165) is 23.4 Å². The monoisotopic (exact) mass is 249 g/mol. The van der Waals surface area contributed by atoms with Crippen molar-refractivity contribution in [3.63, 3.8) is 0 Å². The maximum absolute atomic E-state index is 12.2. The second-order valence-corrected chi connectivity index (χ2v) is 5.46. The number of hydrogen-bond acceptors (Lipinski definition) is 3. The second-order valence-electron chi connectivity index (χ2n) is 3.87. The molecule has 3 nitrogen and oxygen atoms in total. The molecule has 0 radical (unpaired) electrons. The van der Waals surface area contributed by atoms with E-state index in [0.29, 0.717) is 0 Å². The van der Waals surface area contributed by atoms with Crippen LogP contribution in [0.3, 0.4) is 0 Å². The van der Waals surface area contributed by atoms with Gasteiger partial charge >= 0.3 is 0 Å². The smallest absolute Gasteiger partial charge is 0.160 e. The molecule has 0 aromatic heterocycles. The molecule has 1 heterocycles. The van der Waals surface area contributed by atoms with Gasteiger partial charge < -0.3 is 0 Å². The van der Waals surface area contributed by atoms with Crippen LogP contribution in [0.4, 0.5) is 0 Å². The first kappa shape index (κ1) is 12.3. The fourth-order valence-corrected chi connectivity index (χ4v) is 2.96. The van der Waals surface area contributed by atoms with E-state index in [9.17, 15) is 4.21 Å². The SMILES string of the molecule is CC#Cc1ccc(S(=O)C2CCN(C)O2)cc1. The first-order chi connectivity index (χ1) is 8.20. The quantitative estimate of drug-likeness (QED) is 0.748. The molecule has 1 aliphatic heterocycles. The van der Waals surface area contributed by atoms with Gasteiger partial charge in [-0.25, -0.2) is 0 Å². The summed E-state index contributed by atoms with van der Waals surface area (Å²) < 4.78 is 12.2. The lowest BCUT2D eigenvalue weighted by molar-refractivity contribution is -0.0997. The number of rotatable bonds is 2. The van der Waals surface area contributed by atoms with Crippen LogP contribution in [0.15, 0.2) is 29.2 Å². The van der Waals surface area contributed by atoms with Crippen LogP contribution in [0.25, 0.3) is 0 Å². The Balaban J connectivity index is 2.11. The van der Waals surface area contributed by atoms with E-state index in [1.807, 2.05) is 31.3 Å². The third-order valence-electron chi connectivity index (χ3n) is 2.57. The van der Waals surface area contributed by atoms with Gasteiger partial charge in [0.2, 0.25) is 0 Å². The van der Waals surface area contributed by atoms with E-state index < -0.39 is 10.8 Å². The average molecular weight is 249 g/mol. The molecule has 1 aromatic rings. The zero-order valence-corrected chi connectivity index (χ0v) is 10.8. The molecule has 0 N–H and O–H groups in total. The van der Waals surface area contributed by atoms with E-state index in [-0.39, 0.29) is 5.44 Å². The summed E-state index contributed by atoms with van der Waals surface area (Å²) in [6.45, 7) is 2.63. The molecule has 17 heavy (non-hydrogen) atoms. The van der Waals surface area contributed by atoms with Crippen molar-refractivity contribution in [1.82, 2.24) is 5.06 Å². The third kappa shape index (κ3) is 2.95.